The number of carbonyl (C=O) groups is 4. The third kappa shape index (κ3) is 14.3. The SMILES string of the molecule is CC(C)C(=O)C1(Cc2ccccc2)CC1.CC(C)C(=O)C1(Cc2ccccc2)CCC1.CC(C)C(=O)C1(Cc2ccccc2)CCCC1.CC(C)C(=O)C1(Cc2ccccc2)CCCCC1. The molecule has 0 heterocycles. The number of ketones is 4. The third-order valence-electron chi connectivity index (χ3n) is 15.3. The normalized spacial score (nSPS) is 18.4. The van der Waals surface area contributed by atoms with Crippen molar-refractivity contribution in [2.24, 2.45) is 45.3 Å². The Balaban J connectivity index is 0.000000165. The largest absolute Gasteiger partial charge is 0.299 e. The smallest absolute Gasteiger partial charge is 0.141 e. The molecule has 4 aromatic rings. The summed E-state index contributed by atoms with van der Waals surface area (Å²) in [5, 5.41) is 0. The molecule has 4 fully saturated rings. The van der Waals surface area contributed by atoms with Gasteiger partial charge in [0.2, 0.25) is 0 Å². The van der Waals surface area contributed by atoms with Crippen LogP contribution in [0.4, 0.5) is 0 Å². The first-order valence-corrected chi connectivity index (χ1v) is 25.9. The minimum atomic E-state index is -0.0756. The molecule has 4 aliphatic carbocycles. The molecule has 356 valence electrons. The lowest BCUT2D eigenvalue weighted by atomic mass is 9.61. The molecule has 4 heteroatoms. The van der Waals surface area contributed by atoms with E-state index in [1.54, 1.807) is 0 Å². The number of rotatable bonds is 16. The molecule has 8 rings (SSSR count). The number of benzene rings is 4. The van der Waals surface area contributed by atoms with Crippen LogP contribution < -0.4 is 0 Å². The zero-order valence-corrected chi connectivity index (χ0v) is 42.2. The number of hydrogen-bond donors (Lipinski definition) is 0. The quantitative estimate of drug-likeness (QED) is 0.112. The van der Waals surface area contributed by atoms with Gasteiger partial charge in [0.15, 0.2) is 0 Å². The molecule has 0 spiro atoms. The van der Waals surface area contributed by atoms with Gasteiger partial charge in [-0.15, -0.1) is 0 Å². The first-order chi connectivity index (χ1) is 31.6. The summed E-state index contributed by atoms with van der Waals surface area (Å²) in [6, 6.07) is 41.7. The molecule has 4 saturated carbocycles. The van der Waals surface area contributed by atoms with E-state index in [9.17, 15) is 19.2 Å². The van der Waals surface area contributed by atoms with E-state index in [1.807, 2.05) is 91.8 Å². The highest BCUT2D eigenvalue weighted by atomic mass is 16.1. The van der Waals surface area contributed by atoms with Gasteiger partial charge in [-0.1, -0.05) is 215 Å². The summed E-state index contributed by atoms with van der Waals surface area (Å²) in [6.45, 7) is 16.2. The van der Waals surface area contributed by atoms with Crippen molar-refractivity contribution in [3.8, 4) is 0 Å². The van der Waals surface area contributed by atoms with Crippen molar-refractivity contribution < 1.29 is 19.2 Å². The number of hydrogen-bond acceptors (Lipinski definition) is 4. The van der Waals surface area contributed by atoms with Gasteiger partial charge in [0, 0.05) is 45.3 Å². The third-order valence-corrected chi connectivity index (χ3v) is 15.3. The summed E-state index contributed by atoms with van der Waals surface area (Å²) >= 11 is 0. The molecular formula is C62H84O4. The van der Waals surface area contributed by atoms with Crippen molar-refractivity contribution in [3.05, 3.63) is 144 Å². The van der Waals surface area contributed by atoms with Crippen LogP contribution in [0.25, 0.3) is 0 Å². The van der Waals surface area contributed by atoms with Crippen LogP contribution in [0.3, 0.4) is 0 Å². The van der Waals surface area contributed by atoms with Gasteiger partial charge in [-0.2, -0.15) is 0 Å². The molecule has 0 atom stereocenters. The molecule has 0 aromatic heterocycles. The highest BCUT2D eigenvalue weighted by molar-refractivity contribution is 5.89. The first kappa shape index (κ1) is 52.5. The topological polar surface area (TPSA) is 68.3 Å². The van der Waals surface area contributed by atoms with Crippen molar-refractivity contribution in [1.82, 2.24) is 0 Å². The Morgan fingerprint density at radius 3 is 0.682 bits per heavy atom. The number of Topliss-reactive ketones (excluding diaryl/α,β-unsaturated/α-hetero) is 4. The fourth-order valence-corrected chi connectivity index (χ4v) is 11.5. The predicted molar refractivity (Wildman–Crippen MR) is 274 cm³/mol. The second-order valence-electron chi connectivity index (χ2n) is 22.0. The van der Waals surface area contributed by atoms with E-state index in [1.165, 1.54) is 60.8 Å². The molecule has 4 aromatic carbocycles. The maximum atomic E-state index is 12.6. The van der Waals surface area contributed by atoms with E-state index in [0.29, 0.717) is 23.1 Å². The molecule has 0 N–H and O–H groups in total. The average molecular weight is 893 g/mol. The summed E-state index contributed by atoms with van der Waals surface area (Å²) < 4.78 is 0. The van der Waals surface area contributed by atoms with Gasteiger partial charge in [-0.3, -0.25) is 19.2 Å². The van der Waals surface area contributed by atoms with Crippen LogP contribution in [-0.2, 0) is 44.9 Å². The molecule has 0 radical (unpaired) electrons. The molecule has 66 heavy (non-hydrogen) atoms. The molecule has 0 bridgehead atoms. The summed E-state index contributed by atoms with van der Waals surface area (Å²) in [4.78, 5) is 49.4. The molecule has 4 nitrogen and oxygen atoms in total. The van der Waals surface area contributed by atoms with Gasteiger partial charge in [0.25, 0.3) is 0 Å². The molecule has 0 saturated heterocycles. The minimum absolute atomic E-state index is 0.00444. The zero-order chi connectivity index (χ0) is 47.8. The Bertz CT molecular complexity index is 2080. The lowest BCUT2D eigenvalue weighted by molar-refractivity contribution is -0.137. The Kier molecular flexibility index (Phi) is 19.5. The fourth-order valence-electron chi connectivity index (χ4n) is 11.5. The van der Waals surface area contributed by atoms with Crippen LogP contribution in [0, 0.1) is 45.3 Å². The van der Waals surface area contributed by atoms with Crippen LogP contribution in [0.5, 0.6) is 0 Å². The maximum absolute atomic E-state index is 12.6. The van der Waals surface area contributed by atoms with E-state index in [2.05, 4.69) is 84.9 Å². The van der Waals surface area contributed by atoms with Gasteiger partial charge in [-0.25, -0.2) is 0 Å². The van der Waals surface area contributed by atoms with E-state index in [0.717, 1.165) is 77.0 Å². The Hall–Kier alpha value is -4.44. The lowest BCUT2D eigenvalue weighted by Gasteiger charge is -2.42. The van der Waals surface area contributed by atoms with Gasteiger partial charge in [0.05, 0.1) is 0 Å². The average Bonchev–Trinajstić information content (AvgIpc) is 3.94. The highest BCUT2D eigenvalue weighted by Gasteiger charge is 2.50. The standard InChI is InChI=1S/C17H24O.C16H22O.C15H20O.C14H18O/c1-14(2)16(18)17(11-7-4-8-12-17)13-15-9-5-3-6-10-15;1-13(2)15(17)16(10-6-7-11-16)12-14-8-4-3-5-9-14;1-12(2)14(16)15(9-6-10-15)11-13-7-4-3-5-8-13;1-11(2)13(15)14(8-9-14)10-12-6-4-3-5-7-12/h3,5-6,9-10,14H,4,7-8,11-13H2,1-2H3;3-5,8-9,13H,6-7,10-12H2,1-2H3;3-5,7-8,12H,6,9-11H2,1-2H3;3-7,11H,8-10H2,1-2H3. The van der Waals surface area contributed by atoms with E-state index < -0.39 is 0 Å². The van der Waals surface area contributed by atoms with Crippen molar-refractivity contribution in [2.45, 2.75) is 171 Å². The van der Waals surface area contributed by atoms with Gasteiger partial charge in [0.1, 0.15) is 23.1 Å². The van der Waals surface area contributed by atoms with Crippen LogP contribution >= 0.6 is 0 Å². The second-order valence-corrected chi connectivity index (χ2v) is 22.0. The van der Waals surface area contributed by atoms with Crippen LogP contribution in [0.2, 0.25) is 0 Å². The summed E-state index contributed by atoms with van der Waals surface area (Å²) in [5.74, 6) is 2.53. The van der Waals surface area contributed by atoms with Crippen LogP contribution in [0.1, 0.15) is 168 Å². The Labute approximate surface area is 400 Å². The fraction of sp³-hybridized carbons (Fsp3) is 0.548. The van der Waals surface area contributed by atoms with E-state index in [4.69, 9.17) is 0 Å². The Morgan fingerprint density at radius 2 is 0.500 bits per heavy atom. The first-order valence-electron chi connectivity index (χ1n) is 25.9. The minimum Gasteiger partial charge on any atom is -0.299 e. The van der Waals surface area contributed by atoms with Crippen molar-refractivity contribution in [3.63, 3.8) is 0 Å². The van der Waals surface area contributed by atoms with Crippen molar-refractivity contribution in [2.75, 3.05) is 0 Å². The van der Waals surface area contributed by atoms with Crippen molar-refractivity contribution >= 4 is 23.1 Å². The molecule has 0 amide bonds. The lowest BCUT2D eigenvalue weighted by Crippen LogP contribution is -2.42. The molecule has 0 unspecified atom stereocenters. The predicted octanol–water partition coefficient (Wildman–Crippen LogP) is 15.3. The maximum Gasteiger partial charge on any atom is 0.141 e. The Morgan fingerprint density at radius 1 is 0.303 bits per heavy atom. The molecule has 4 aliphatic rings. The highest BCUT2D eigenvalue weighted by Crippen LogP contribution is 2.51. The summed E-state index contributed by atoms with van der Waals surface area (Å²) in [7, 11) is 0. The van der Waals surface area contributed by atoms with E-state index in [-0.39, 0.29) is 45.3 Å². The van der Waals surface area contributed by atoms with Crippen molar-refractivity contribution in [1.29, 1.82) is 0 Å². The van der Waals surface area contributed by atoms with Crippen LogP contribution in [-0.4, -0.2) is 23.1 Å². The zero-order valence-electron chi connectivity index (χ0n) is 42.2. The monoisotopic (exact) mass is 893 g/mol. The second kappa shape index (κ2) is 24.5. The van der Waals surface area contributed by atoms with Gasteiger partial charge < -0.3 is 0 Å². The molecular weight excluding hydrogens is 809 g/mol. The van der Waals surface area contributed by atoms with Gasteiger partial charge in [-0.05, 0) is 99.3 Å². The summed E-state index contributed by atoms with van der Waals surface area (Å²) in [5.41, 5.74) is 5.05. The summed E-state index contributed by atoms with van der Waals surface area (Å²) in [6.07, 6.45) is 19.8. The van der Waals surface area contributed by atoms with Gasteiger partial charge >= 0.3 is 0 Å². The van der Waals surface area contributed by atoms with Crippen LogP contribution in [0.15, 0.2) is 121 Å². The van der Waals surface area contributed by atoms with E-state index >= 15 is 0 Å². The number of carbonyl (C=O) groups excluding carboxylic acids is 4. The molecule has 0 aliphatic heterocycles.